The highest BCUT2D eigenvalue weighted by molar-refractivity contribution is 9.10. The Morgan fingerprint density at radius 1 is 1.24 bits per heavy atom. The summed E-state index contributed by atoms with van der Waals surface area (Å²) >= 11 is 3.00. The molecule has 2 rings (SSSR count). The van der Waals surface area contributed by atoms with Crippen molar-refractivity contribution in [3.63, 3.8) is 0 Å². The van der Waals surface area contributed by atoms with Crippen molar-refractivity contribution in [2.45, 2.75) is 13.5 Å². The van der Waals surface area contributed by atoms with Gasteiger partial charge in [0.2, 0.25) is 0 Å². The minimum Gasteiger partial charge on any atom is -0.504 e. The van der Waals surface area contributed by atoms with Gasteiger partial charge in [0.25, 0.3) is 0 Å². The van der Waals surface area contributed by atoms with Gasteiger partial charge in [0, 0.05) is 18.2 Å². The maximum Gasteiger partial charge on any atom is 0.162 e. The molecule has 6 heteroatoms. The lowest BCUT2D eigenvalue weighted by Gasteiger charge is -2.12. The number of anilines is 1. The first-order valence-electron chi connectivity index (χ1n) is 6.35. The zero-order valence-electron chi connectivity index (χ0n) is 11.3. The Balaban J connectivity index is 2.17. The van der Waals surface area contributed by atoms with Gasteiger partial charge in [-0.25, -0.2) is 8.78 Å². The zero-order valence-corrected chi connectivity index (χ0v) is 12.9. The topological polar surface area (TPSA) is 41.5 Å². The van der Waals surface area contributed by atoms with Gasteiger partial charge in [-0.1, -0.05) is 12.1 Å². The smallest absolute Gasteiger partial charge is 0.162 e. The van der Waals surface area contributed by atoms with Gasteiger partial charge in [0.1, 0.15) is 11.6 Å². The summed E-state index contributed by atoms with van der Waals surface area (Å²) in [4.78, 5) is 0. The molecule has 0 atom stereocenters. The van der Waals surface area contributed by atoms with Gasteiger partial charge in [0.05, 0.1) is 16.8 Å². The molecule has 0 heterocycles. The SMILES string of the molecule is CCOc1cccc(CNc2cc(Br)c(F)cc2F)c1O. The average Bonchev–Trinajstić information content (AvgIpc) is 2.45. The molecule has 0 amide bonds. The third-order valence-corrected chi connectivity index (χ3v) is 3.47. The molecule has 21 heavy (non-hydrogen) atoms. The fourth-order valence-electron chi connectivity index (χ4n) is 1.83. The monoisotopic (exact) mass is 357 g/mol. The van der Waals surface area contributed by atoms with Crippen molar-refractivity contribution in [1.82, 2.24) is 0 Å². The quantitative estimate of drug-likeness (QED) is 0.777. The van der Waals surface area contributed by atoms with E-state index in [9.17, 15) is 13.9 Å². The predicted molar refractivity (Wildman–Crippen MR) is 80.7 cm³/mol. The van der Waals surface area contributed by atoms with E-state index < -0.39 is 11.6 Å². The van der Waals surface area contributed by atoms with E-state index in [1.807, 2.05) is 6.92 Å². The van der Waals surface area contributed by atoms with Crippen LogP contribution in [0.1, 0.15) is 12.5 Å². The van der Waals surface area contributed by atoms with E-state index in [0.29, 0.717) is 17.9 Å². The summed E-state index contributed by atoms with van der Waals surface area (Å²) in [5, 5.41) is 12.9. The van der Waals surface area contributed by atoms with Crippen molar-refractivity contribution in [2.75, 3.05) is 11.9 Å². The average molecular weight is 358 g/mol. The zero-order chi connectivity index (χ0) is 15.4. The number of halogens is 3. The van der Waals surface area contributed by atoms with E-state index in [1.165, 1.54) is 6.07 Å². The molecule has 112 valence electrons. The molecule has 0 saturated heterocycles. The van der Waals surface area contributed by atoms with Crippen molar-refractivity contribution in [3.8, 4) is 11.5 Å². The molecule has 0 radical (unpaired) electrons. The van der Waals surface area contributed by atoms with E-state index in [1.54, 1.807) is 18.2 Å². The van der Waals surface area contributed by atoms with Crippen molar-refractivity contribution in [1.29, 1.82) is 0 Å². The molecule has 0 bridgehead atoms. The number of benzene rings is 2. The number of aromatic hydroxyl groups is 1. The minimum absolute atomic E-state index is 0.00781. The van der Waals surface area contributed by atoms with Crippen LogP contribution in [0, 0.1) is 11.6 Å². The normalized spacial score (nSPS) is 10.5. The molecule has 0 aromatic heterocycles. The number of hydrogen-bond donors (Lipinski definition) is 2. The van der Waals surface area contributed by atoms with Crippen LogP contribution in [0.4, 0.5) is 14.5 Å². The van der Waals surface area contributed by atoms with E-state index >= 15 is 0 Å². The number of phenolic OH excluding ortho intramolecular Hbond substituents is 1. The third-order valence-electron chi connectivity index (χ3n) is 2.86. The molecule has 0 spiro atoms. The first-order valence-corrected chi connectivity index (χ1v) is 7.14. The Morgan fingerprint density at radius 3 is 2.71 bits per heavy atom. The van der Waals surface area contributed by atoms with Crippen molar-refractivity contribution >= 4 is 21.6 Å². The van der Waals surface area contributed by atoms with Crippen LogP contribution in [0.5, 0.6) is 11.5 Å². The van der Waals surface area contributed by atoms with Gasteiger partial charge >= 0.3 is 0 Å². The first kappa shape index (κ1) is 15.6. The highest BCUT2D eigenvalue weighted by atomic mass is 79.9. The van der Waals surface area contributed by atoms with E-state index in [4.69, 9.17) is 4.74 Å². The Hall–Kier alpha value is -1.82. The fraction of sp³-hybridized carbons (Fsp3) is 0.200. The number of para-hydroxylation sites is 1. The number of phenols is 1. The molecular formula is C15H14BrF2NO2. The summed E-state index contributed by atoms with van der Waals surface area (Å²) in [5.41, 5.74) is 0.699. The molecule has 2 aromatic carbocycles. The summed E-state index contributed by atoms with van der Waals surface area (Å²) in [6.45, 7) is 2.43. The Labute approximate surface area is 129 Å². The minimum atomic E-state index is -0.698. The van der Waals surface area contributed by atoms with Crippen LogP contribution in [-0.4, -0.2) is 11.7 Å². The summed E-state index contributed by atoms with van der Waals surface area (Å²) in [6, 6.07) is 7.19. The molecule has 3 nitrogen and oxygen atoms in total. The molecule has 0 aliphatic heterocycles. The molecular weight excluding hydrogens is 344 g/mol. The van der Waals surface area contributed by atoms with Gasteiger partial charge < -0.3 is 15.2 Å². The number of rotatable bonds is 5. The molecule has 0 saturated carbocycles. The van der Waals surface area contributed by atoms with Crippen LogP contribution < -0.4 is 10.1 Å². The maximum absolute atomic E-state index is 13.6. The highest BCUT2D eigenvalue weighted by Gasteiger charge is 2.11. The third kappa shape index (κ3) is 3.64. The van der Waals surface area contributed by atoms with Crippen LogP contribution in [0.2, 0.25) is 0 Å². The van der Waals surface area contributed by atoms with Gasteiger partial charge in [-0.2, -0.15) is 0 Å². The molecule has 2 N–H and O–H groups in total. The maximum atomic E-state index is 13.6. The highest BCUT2D eigenvalue weighted by Crippen LogP contribution is 2.31. The molecule has 0 aliphatic rings. The van der Waals surface area contributed by atoms with Crippen LogP contribution in [-0.2, 0) is 6.54 Å². The van der Waals surface area contributed by atoms with Crippen LogP contribution in [0.25, 0.3) is 0 Å². The second-order valence-corrected chi connectivity index (χ2v) is 5.15. The lowest BCUT2D eigenvalue weighted by atomic mass is 10.1. The largest absolute Gasteiger partial charge is 0.504 e. The fourth-order valence-corrected chi connectivity index (χ4v) is 2.17. The number of hydrogen-bond acceptors (Lipinski definition) is 3. The van der Waals surface area contributed by atoms with E-state index in [-0.39, 0.29) is 22.5 Å². The van der Waals surface area contributed by atoms with Gasteiger partial charge in [0.15, 0.2) is 11.5 Å². The van der Waals surface area contributed by atoms with E-state index in [2.05, 4.69) is 21.2 Å². The van der Waals surface area contributed by atoms with Gasteiger partial charge in [-0.05, 0) is 35.0 Å². The second-order valence-electron chi connectivity index (χ2n) is 4.30. The molecule has 0 unspecified atom stereocenters. The second kappa shape index (κ2) is 6.76. The standard InChI is InChI=1S/C15H14BrF2NO2/c1-2-21-14-5-3-4-9(15(14)20)8-19-13-6-10(16)11(17)7-12(13)18/h3-7,19-20H,2,8H2,1H3. The lowest BCUT2D eigenvalue weighted by molar-refractivity contribution is 0.317. The van der Waals surface area contributed by atoms with E-state index in [0.717, 1.165) is 6.07 Å². The van der Waals surface area contributed by atoms with Crippen LogP contribution >= 0.6 is 15.9 Å². The predicted octanol–water partition coefficient (Wildman–Crippen LogP) is 4.44. The number of ether oxygens (including phenoxy) is 1. The van der Waals surface area contributed by atoms with Crippen LogP contribution in [0.3, 0.4) is 0 Å². The summed E-state index contributed by atoms with van der Waals surface area (Å²) in [6.07, 6.45) is 0. The Kier molecular flexibility index (Phi) is 5.01. The van der Waals surface area contributed by atoms with Crippen molar-refractivity contribution in [3.05, 3.63) is 52.0 Å². The summed E-state index contributed by atoms with van der Waals surface area (Å²) in [5.74, 6) is -0.985. The molecule has 0 fully saturated rings. The Bertz CT molecular complexity index is 650. The summed E-state index contributed by atoms with van der Waals surface area (Å²) < 4.78 is 32.2. The Morgan fingerprint density at radius 2 is 2.00 bits per heavy atom. The molecule has 0 aliphatic carbocycles. The van der Waals surface area contributed by atoms with Crippen molar-refractivity contribution < 1.29 is 18.6 Å². The van der Waals surface area contributed by atoms with Gasteiger partial charge in [-0.15, -0.1) is 0 Å². The lowest BCUT2D eigenvalue weighted by Crippen LogP contribution is -2.03. The summed E-state index contributed by atoms with van der Waals surface area (Å²) in [7, 11) is 0. The molecule has 2 aromatic rings. The van der Waals surface area contributed by atoms with Crippen LogP contribution in [0.15, 0.2) is 34.8 Å². The van der Waals surface area contributed by atoms with Gasteiger partial charge in [-0.3, -0.25) is 0 Å². The van der Waals surface area contributed by atoms with Crippen molar-refractivity contribution in [2.24, 2.45) is 0 Å². The first-order chi connectivity index (χ1) is 10.0. The number of nitrogens with one attached hydrogen (secondary N) is 1.